The van der Waals surface area contributed by atoms with Crippen LogP contribution in [0.15, 0.2) is 11.8 Å². The Morgan fingerprint density at radius 3 is 2.62 bits per heavy atom. The molecule has 0 amide bonds. The molecule has 0 aromatic heterocycles. The van der Waals surface area contributed by atoms with Crippen molar-refractivity contribution in [3.05, 3.63) is 11.8 Å². The smallest absolute Gasteiger partial charge is 0.330 e. The molecule has 0 aliphatic heterocycles. The molecule has 5 heteroatoms. The van der Waals surface area contributed by atoms with Crippen molar-refractivity contribution in [1.82, 2.24) is 0 Å². The summed E-state index contributed by atoms with van der Waals surface area (Å²) in [5.41, 5.74) is 3.26. The van der Waals surface area contributed by atoms with Crippen LogP contribution < -0.4 is 0 Å². The summed E-state index contributed by atoms with van der Waals surface area (Å²) in [6, 6.07) is 1.21. The lowest BCUT2D eigenvalue weighted by molar-refractivity contribution is -0.137. The fraction of sp³-hybridized carbons (Fsp3) is 0.727. The second-order valence-electron chi connectivity index (χ2n) is 4.88. The van der Waals surface area contributed by atoms with E-state index in [9.17, 15) is 4.79 Å². The van der Waals surface area contributed by atoms with Crippen LogP contribution in [0.3, 0.4) is 0 Å². The molecule has 0 rings (SSSR count). The summed E-state index contributed by atoms with van der Waals surface area (Å²) in [4.78, 5) is 11.1. The SMILES string of the molecule is C[Si]C=CC(=O)OCCC[Si]C[Si](C)(C)C. The van der Waals surface area contributed by atoms with Crippen molar-refractivity contribution in [2.24, 2.45) is 0 Å². The van der Waals surface area contributed by atoms with Gasteiger partial charge in [-0.1, -0.05) is 43.6 Å². The molecule has 0 aliphatic rings. The zero-order valence-corrected chi connectivity index (χ0v) is 13.8. The highest BCUT2D eigenvalue weighted by atomic mass is 28.4. The van der Waals surface area contributed by atoms with Crippen molar-refractivity contribution in [3.8, 4) is 0 Å². The van der Waals surface area contributed by atoms with Crippen molar-refractivity contribution in [3.63, 3.8) is 0 Å². The Morgan fingerprint density at radius 1 is 1.38 bits per heavy atom. The lowest BCUT2D eigenvalue weighted by Gasteiger charge is -2.14. The Labute approximate surface area is 106 Å². The molecule has 0 aromatic rings. The number of carbonyl (C=O) groups is 1. The zero-order chi connectivity index (χ0) is 12.4. The van der Waals surface area contributed by atoms with Gasteiger partial charge < -0.3 is 4.74 Å². The second-order valence-corrected chi connectivity index (χ2v) is 13.3. The van der Waals surface area contributed by atoms with E-state index < -0.39 is 8.07 Å². The maximum atomic E-state index is 11.1. The van der Waals surface area contributed by atoms with Crippen molar-refractivity contribution in [2.45, 2.75) is 44.3 Å². The van der Waals surface area contributed by atoms with Crippen LogP contribution in [0.25, 0.3) is 0 Å². The van der Waals surface area contributed by atoms with Crippen LogP contribution in [0, 0.1) is 0 Å². The Hall–Kier alpha value is -0.139. The van der Waals surface area contributed by atoms with E-state index in [1.54, 1.807) is 0 Å². The number of carbonyl (C=O) groups excluding carboxylic acids is 1. The van der Waals surface area contributed by atoms with Gasteiger partial charge in [0.2, 0.25) is 0 Å². The van der Waals surface area contributed by atoms with Crippen LogP contribution in [-0.4, -0.2) is 39.7 Å². The van der Waals surface area contributed by atoms with Crippen molar-refractivity contribution < 1.29 is 9.53 Å². The standard InChI is InChI=1S/C11H22O2Si3/c1-14-9-6-11(12)13-7-5-8-15-10-16(2,3)4/h6,9H,5,7-8,10H2,1-4H3. The van der Waals surface area contributed by atoms with Gasteiger partial charge in [0, 0.05) is 23.7 Å². The molecule has 0 saturated heterocycles. The van der Waals surface area contributed by atoms with Gasteiger partial charge in [0.25, 0.3) is 0 Å². The van der Waals surface area contributed by atoms with Crippen LogP contribution in [0.4, 0.5) is 0 Å². The monoisotopic (exact) mass is 270 g/mol. The fourth-order valence-electron chi connectivity index (χ4n) is 1.03. The van der Waals surface area contributed by atoms with Crippen LogP contribution in [0.1, 0.15) is 6.42 Å². The number of ether oxygens (including phenoxy) is 1. The number of hydrogen-bond donors (Lipinski definition) is 0. The highest BCUT2D eigenvalue weighted by Crippen LogP contribution is 2.08. The molecule has 90 valence electrons. The Kier molecular flexibility index (Phi) is 8.87. The molecule has 0 atom stereocenters. The minimum absolute atomic E-state index is 0.192. The molecule has 0 N–H and O–H groups in total. The average molecular weight is 271 g/mol. The lowest BCUT2D eigenvalue weighted by Crippen LogP contribution is -2.22. The summed E-state index contributed by atoms with van der Waals surface area (Å²) >= 11 is 0. The van der Waals surface area contributed by atoms with Gasteiger partial charge in [-0.25, -0.2) is 4.79 Å². The first-order valence-electron chi connectivity index (χ1n) is 5.67. The van der Waals surface area contributed by atoms with E-state index >= 15 is 0 Å². The molecular formula is C11H22O2Si3. The van der Waals surface area contributed by atoms with E-state index in [0.29, 0.717) is 16.1 Å². The molecule has 0 bridgehead atoms. The quantitative estimate of drug-likeness (QED) is 0.293. The van der Waals surface area contributed by atoms with Gasteiger partial charge in [0.1, 0.15) is 0 Å². The molecule has 0 heterocycles. The topological polar surface area (TPSA) is 26.3 Å². The first kappa shape index (κ1) is 15.9. The van der Waals surface area contributed by atoms with E-state index in [2.05, 4.69) is 19.6 Å². The maximum absolute atomic E-state index is 11.1. The van der Waals surface area contributed by atoms with Gasteiger partial charge in [-0.2, -0.15) is 0 Å². The molecule has 0 saturated carbocycles. The van der Waals surface area contributed by atoms with Gasteiger partial charge in [0.15, 0.2) is 0 Å². The zero-order valence-electron chi connectivity index (χ0n) is 10.8. The molecule has 0 spiro atoms. The predicted molar refractivity (Wildman–Crippen MR) is 75.0 cm³/mol. The van der Waals surface area contributed by atoms with Crippen molar-refractivity contribution >= 4 is 33.1 Å². The summed E-state index contributed by atoms with van der Waals surface area (Å²) in [5, 5.41) is 0. The highest BCUT2D eigenvalue weighted by Gasteiger charge is 2.11. The second kappa shape index (κ2) is 8.95. The molecule has 0 fully saturated rings. The third-order valence-corrected chi connectivity index (χ3v) is 8.23. The van der Waals surface area contributed by atoms with E-state index in [1.165, 1.54) is 17.8 Å². The first-order chi connectivity index (χ1) is 7.45. The molecule has 16 heavy (non-hydrogen) atoms. The maximum Gasteiger partial charge on any atom is 0.330 e. The van der Waals surface area contributed by atoms with E-state index in [0.717, 1.165) is 15.9 Å². The van der Waals surface area contributed by atoms with E-state index in [4.69, 9.17) is 4.74 Å². The number of hydrogen-bond acceptors (Lipinski definition) is 2. The van der Waals surface area contributed by atoms with Crippen LogP contribution in [0.2, 0.25) is 37.9 Å². The number of rotatable bonds is 8. The first-order valence-corrected chi connectivity index (χ1v) is 12.4. The normalized spacial score (nSPS) is 12.0. The summed E-state index contributed by atoms with van der Waals surface area (Å²) in [5.74, 6) is -0.192. The van der Waals surface area contributed by atoms with Gasteiger partial charge in [-0.15, -0.1) is 0 Å². The van der Waals surface area contributed by atoms with E-state index in [1.807, 2.05) is 12.2 Å². The van der Waals surface area contributed by atoms with Crippen LogP contribution in [0.5, 0.6) is 0 Å². The third-order valence-electron chi connectivity index (χ3n) is 1.78. The molecule has 0 aliphatic carbocycles. The minimum atomic E-state index is -0.862. The lowest BCUT2D eigenvalue weighted by atomic mass is 10.5. The summed E-state index contributed by atoms with van der Waals surface area (Å²) < 4.78 is 5.07. The largest absolute Gasteiger partial charge is 0.463 e. The fourth-order valence-corrected chi connectivity index (χ4v) is 5.44. The average Bonchev–Trinajstić information content (AvgIpc) is 2.18. The summed E-state index contributed by atoms with van der Waals surface area (Å²) in [6.07, 6.45) is 2.54. The van der Waals surface area contributed by atoms with Crippen molar-refractivity contribution in [1.29, 1.82) is 0 Å². The molecule has 0 aromatic carbocycles. The summed E-state index contributed by atoms with van der Waals surface area (Å²) in [6.45, 7) is 9.80. The minimum Gasteiger partial charge on any atom is -0.463 e. The van der Waals surface area contributed by atoms with Crippen LogP contribution >= 0.6 is 0 Å². The van der Waals surface area contributed by atoms with Gasteiger partial charge in [0.05, 0.1) is 16.1 Å². The highest BCUT2D eigenvalue weighted by molar-refractivity contribution is 6.83. The Morgan fingerprint density at radius 2 is 2.06 bits per heavy atom. The van der Waals surface area contributed by atoms with Gasteiger partial charge in [-0.3, -0.25) is 0 Å². The molecule has 0 unspecified atom stereocenters. The van der Waals surface area contributed by atoms with Crippen molar-refractivity contribution in [2.75, 3.05) is 6.61 Å². The summed E-state index contributed by atoms with van der Waals surface area (Å²) in [7, 11) is 0.853. The predicted octanol–water partition coefficient (Wildman–Crippen LogP) is 2.60. The van der Waals surface area contributed by atoms with E-state index in [-0.39, 0.29) is 5.97 Å². The third kappa shape index (κ3) is 11.9. The Balaban J connectivity index is 3.34. The van der Waals surface area contributed by atoms with Crippen LogP contribution in [-0.2, 0) is 9.53 Å². The number of esters is 1. The van der Waals surface area contributed by atoms with Gasteiger partial charge in [-0.05, 0) is 6.42 Å². The molecular weight excluding hydrogens is 248 g/mol. The molecule has 2 nitrogen and oxygen atoms in total. The van der Waals surface area contributed by atoms with Gasteiger partial charge >= 0.3 is 5.97 Å². The molecule has 4 radical (unpaired) electrons. The Bertz CT molecular complexity index is 222.